The first kappa shape index (κ1) is 13.2. The number of hydrogen-bond acceptors (Lipinski definition) is 2. The van der Waals surface area contributed by atoms with Crippen molar-refractivity contribution in [3.63, 3.8) is 0 Å². The molecule has 0 aliphatic rings. The highest BCUT2D eigenvalue weighted by molar-refractivity contribution is 5.15. The second-order valence-electron chi connectivity index (χ2n) is 5.07. The van der Waals surface area contributed by atoms with Gasteiger partial charge in [0.2, 0.25) is 0 Å². The Morgan fingerprint density at radius 1 is 1.44 bits per heavy atom. The summed E-state index contributed by atoms with van der Waals surface area (Å²) >= 11 is 0. The van der Waals surface area contributed by atoms with E-state index in [1.807, 2.05) is 17.9 Å². The van der Waals surface area contributed by atoms with Crippen molar-refractivity contribution < 1.29 is 0 Å². The minimum absolute atomic E-state index is 0.00407. The van der Waals surface area contributed by atoms with Crippen LogP contribution in [0.15, 0.2) is 12.4 Å². The molecule has 1 aromatic heterocycles. The summed E-state index contributed by atoms with van der Waals surface area (Å²) in [5.41, 5.74) is 1.26. The van der Waals surface area contributed by atoms with Gasteiger partial charge < -0.3 is 5.32 Å². The average Bonchev–Trinajstić information content (AvgIpc) is 2.64. The molecule has 1 atom stereocenters. The van der Waals surface area contributed by atoms with Gasteiger partial charge in [0.05, 0.1) is 6.20 Å². The van der Waals surface area contributed by atoms with Crippen molar-refractivity contribution in [2.75, 3.05) is 0 Å². The summed E-state index contributed by atoms with van der Waals surface area (Å²) in [6.07, 6.45) is 7.68. The predicted octanol–water partition coefficient (Wildman–Crippen LogP) is 2.82. The van der Waals surface area contributed by atoms with E-state index in [4.69, 9.17) is 0 Å². The van der Waals surface area contributed by atoms with E-state index in [1.165, 1.54) is 24.8 Å². The fraction of sp³-hybridized carbons (Fsp3) is 0.769. The zero-order valence-electron chi connectivity index (χ0n) is 11.2. The van der Waals surface area contributed by atoms with E-state index in [-0.39, 0.29) is 5.54 Å². The van der Waals surface area contributed by atoms with E-state index in [1.54, 1.807) is 0 Å². The molecule has 0 radical (unpaired) electrons. The second-order valence-corrected chi connectivity index (χ2v) is 5.07. The Bertz CT molecular complexity index is 315. The minimum Gasteiger partial charge on any atom is -0.305 e. The molecular formula is C13H25N3. The second kappa shape index (κ2) is 5.48. The maximum Gasteiger partial charge on any atom is 0.0540 e. The van der Waals surface area contributed by atoms with Crippen molar-refractivity contribution in [2.24, 2.45) is 7.05 Å². The van der Waals surface area contributed by atoms with Crippen LogP contribution in [0, 0.1) is 0 Å². The van der Waals surface area contributed by atoms with Crippen LogP contribution >= 0.6 is 0 Å². The lowest BCUT2D eigenvalue weighted by atomic mass is 9.95. The molecule has 3 nitrogen and oxygen atoms in total. The van der Waals surface area contributed by atoms with Gasteiger partial charge >= 0.3 is 0 Å². The van der Waals surface area contributed by atoms with Crippen molar-refractivity contribution in [1.29, 1.82) is 0 Å². The summed E-state index contributed by atoms with van der Waals surface area (Å²) in [5.74, 6) is 0. The van der Waals surface area contributed by atoms with Gasteiger partial charge in [-0.2, -0.15) is 5.10 Å². The Morgan fingerprint density at radius 2 is 2.12 bits per heavy atom. The summed E-state index contributed by atoms with van der Waals surface area (Å²) in [5, 5.41) is 7.96. The van der Waals surface area contributed by atoms with Gasteiger partial charge in [-0.25, -0.2) is 0 Å². The number of hydrogen-bond donors (Lipinski definition) is 1. The summed E-state index contributed by atoms with van der Waals surface area (Å²) in [6, 6.07) is 0.597. The molecular weight excluding hydrogens is 198 g/mol. The molecule has 0 spiro atoms. The Kier molecular flexibility index (Phi) is 4.54. The highest BCUT2D eigenvalue weighted by Crippen LogP contribution is 2.21. The number of aryl methyl sites for hydroxylation is 1. The third kappa shape index (κ3) is 3.34. The summed E-state index contributed by atoms with van der Waals surface area (Å²) in [6.45, 7) is 8.93. The molecule has 16 heavy (non-hydrogen) atoms. The molecule has 1 unspecified atom stereocenters. The van der Waals surface area contributed by atoms with Gasteiger partial charge in [-0.1, -0.05) is 20.3 Å². The molecule has 0 bridgehead atoms. The van der Waals surface area contributed by atoms with Gasteiger partial charge in [0.15, 0.2) is 0 Å². The first-order chi connectivity index (χ1) is 7.49. The minimum atomic E-state index is 0.00407. The van der Waals surface area contributed by atoms with Crippen LogP contribution in [-0.2, 0) is 12.6 Å². The van der Waals surface area contributed by atoms with Gasteiger partial charge in [-0.05, 0) is 26.7 Å². The Morgan fingerprint density at radius 3 is 2.56 bits per heavy atom. The zero-order valence-corrected chi connectivity index (χ0v) is 11.2. The Labute approximate surface area is 99.2 Å². The Hall–Kier alpha value is -0.830. The molecule has 92 valence electrons. The van der Waals surface area contributed by atoms with Crippen molar-refractivity contribution in [3.05, 3.63) is 18.0 Å². The molecule has 1 rings (SSSR count). The van der Waals surface area contributed by atoms with E-state index >= 15 is 0 Å². The largest absolute Gasteiger partial charge is 0.305 e. The SMILES string of the molecule is CCCC(CC)NC(C)(C)c1cnn(C)c1. The Balaban J connectivity index is 2.69. The molecule has 0 aliphatic heterocycles. The van der Waals surface area contributed by atoms with Gasteiger partial charge in [0, 0.05) is 30.4 Å². The molecule has 0 amide bonds. The number of rotatable bonds is 6. The van der Waals surface area contributed by atoms with Crippen LogP contribution in [0.2, 0.25) is 0 Å². The van der Waals surface area contributed by atoms with E-state index in [2.05, 4.69) is 44.3 Å². The highest BCUT2D eigenvalue weighted by atomic mass is 15.2. The van der Waals surface area contributed by atoms with E-state index in [0.29, 0.717) is 6.04 Å². The summed E-state index contributed by atoms with van der Waals surface area (Å²) in [7, 11) is 1.96. The molecule has 0 saturated carbocycles. The predicted molar refractivity (Wildman–Crippen MR) is 68.4 cm³/mol. The normalized spacial score (nSPS) is 14.1. The van der Waals surface area contributed by atoms with Gasteiger partial charge in [-0.3, -0.25) is 4.68 Å². The lowest BCUT2D eigenvalue weighted by Gasteiger charge is -2.30. The van der Waals surface area contributed by atoms with Gasteiger partial charge in [0.25, 0.3) is 0 Å². The highest BCUT2D eigenvalue weighted by Gasteiger charge is 2.24. The van der Waals surface area contributed by atoms with Crippen molar-refractivity contribution in [3.8, 4) is 0 Å². The number of nitrogens with zero attached hydrogens (tertiary/aromatic N) is 2. The van der Waals surface area contributed by atoms with Crippen LogP contribution in [0.25, 0.3) is 0 Å². The molecule has 1 aromatic rings. The average molecular weight is 223 g/mol. The molecule has 1 heterocycles. The third-order valence-corrected chi connectivity index (χ3v) is 3.12. The smallest absolute Gasteiger partial charge is 0.0540 e. The summed E-state index contributed by atoms with van der Waals surface area (Å²) in [4.78, 5) is 0. The summed E-state index contributed by atoms with van der Waals surface area (Å²) < 4.78 is 1.86. The molecule has 0 fully saturated rings. The zero-order chi connectivity index (χ0) is 12.2. The molecule has 0 saturated heterocycles. The topological polar surface area (TPSA) is 29.9 Å². The van der Waals surface area contributed by atoms with Crippen LogP contribution < -0.4 is 5.32 Å². The van der Waals surface area contributed by atoms with Crippen LogP contribution in [0.4, 0.5) is 0 Å². The molecule has 0 aromatic carbocycles. The van der Waals surface area contributed by atoms with Crippen LogP contribution in [0.3, 0.4) is 0 Å². The van der Waals surface area contributed by atoms with Crippen molar-refractivity contribution in [2.45, 2.75) is 58.5 Å². The fourth-order valence-electron chi connectivity index (χ4n) is 2.06. The first-order valence-corrected chi connectivity index (χ1v) is 6.26. The number of aromatic nitrogens is 2. The van der Waals surface area contributed by atoms with Gasteiger partial charge in [0.1, 0.15) is 0 Å². The fourth-order valence-corrected chi connectivity index (χ4v) is 2.06. The van der Waals surface area contributed by atoms with Gasteiger partial charge in [-0.15, -0.1) is 0 Å². The quantitative estimate of drug-likeness (QED) is 0.803. The number of nitrogens with one attached hydrogen (secondary N) is 1. The van der Waals surface area contributed by atoms with Crippen LogP contribution in [0.1, 0.15) is 52.5 Å². The van der Waals surface area contributed by atoms with Crippen LogP contribution in [-0.4, -0.2) is 15.8 Å². The molecule has 0 aliphatic carbocycles. The van der Waals surface area contributed by atoms with Crippen LogP contribution in [0.5, 0.6) is 0 Å². The third-order valence-electron chi connectivity index (χ3n) is 3.12. The van der Waals surface area contributed by atoms with E-state index < -0.39 is 0 Å². The first-order valence-electron chi connectivity index (χ1n) is 6.26. The van der Waals surface area contributed by atoms with Crippen molar-refractivity contribution in [1.82, 2.24) is 15.1 Å². The maximum absolute atomic E-state index is 4.24. The molecule has 1 N–H and O–H groups in total. The van der Waals surface area contributed by atoms with Crippen molar-refractivity contribution >= 4 is 0 Å². The monoisotopic (exact) mass is 223 g/mol. The molecule has 3 heteroatoms. The lowest BCUT2D eigenvalue weighted by Crippen LogP contribution is -2.43. The standard InChI is InChI=1S/C13H25N3/c1-6-8-12(7-2)15-13(3,4)11-9-14-16(5)10-11/h9-10,12,15H,6-8H2,1-5H3. The lowest BCUT2D eigenvalue weighted by molar-refractivity contribution is 0.320. The van der Waals surface area contributed by atoms with E-state index in [9.17, 15) is 0 Å². The maximum atomic E-state index is 4.24. The van der Waals surface area contributed by atoms with E-state index in [0.717, 1.165) is 0 Å².